The molecule has 12 rings (SSSR count). The summed E-state index contributed by atoms with van der Waals surface area (Å²) in [6, 6.07) is 85.4. The van der Waals surface area contributed by atoms with Gasteiger partial charge in [-0.25, -0.2) is 8.78 Å². The SMILES string of the molecule is Fc1c(-c2ccccc2)cc(N(c2ccccc2)c2ccc3ccc4c(N(c5ccccc5)c5cc(-c6ccccc6)c(F)c(-c6ccccc6)c5)ccc5ccc2c3c54)cc1-c1ccccc1. The lowest BCUT2D eigenvalue weighted by molar-refractivity contribution is 0.634. The molecule has 0 unspecified atom stereocenters. The minimum Gasteiger partial charge on any atom is -0.310 e. The van der Waals surface area contributed by atoms with Crippen molar-refractivity contribution < 1.29 is 8.78 Å². The number of hydrogen-bond acceptors (Lipinski definition) is 2. The van der Waals surface area contributed by atoms with E-state index in [1.807, 2.05) is 182 Å². The molecule has 0 amide bonds. The van der Waals surface area contributed by atoms with E-state index < -0.39 is 0 Å². The lowest BCUT2D eigenvalue weighted by Crippen LogP contribution is -2.12. The van der Waals surface area contributed by atoms with E-state index in [4.69, 9.17) is 0 Å². The van der Waals surface area contributed by atoms with Crippen LogP contribution in [0.1, 0.15) is 0 Å². The van der Waals surface area contributed by atoms with Crippen molar-refractivity contribution in [1.82, 2.24) is 0 Å². The van der Waals surface area contributed by atoms with Crippen LogP contribution in [0.2, 0.25) is 0 Å². The molecule has 0 heterocycles. The Balaban J connectivity index is 1.11. The first-order valence-corrected chi connectivity index (χ1v) is 22.9. The number of halogens is 2. The maximum atomic E-state index is 17.0. The third-order valence-corrected chi connectivity index (χ3v) is 13.1. The largest absolute Gasteiger partial charge is 0.310 e. The first-order valence-electron chi connectivity index (χ1n) is 22.9. The Morgan fingerprint density at radius 3 is 0.809 bits per heavy atom. The van der Waals surface area contributed by atoms with Crippen molar-refractivity contribution in [1.29, 1.82) is 0 Å². The van der Waals surface area contributed by atoms with Crippen LogP contribution < -0.4 is 9.80 Å². The summed E-state index contributed by atoms with van der Waals surface area (Å²) in [5.41, 5.74) is 10.8. The van der Waals surface area contributed by atoms with Gasteiger partial charge in [-0.05, 0) is 104 Å². The van der Waals surface area contributed by atoms with Crippen LogP contribution in [0.15, 0.2) is 255 Å². The molecule has 0 fully saturated rings. The Bertz CT molecular complexity index is 3360. The molecule has 0 saturated heterocycles. The molecule has 0 bridgehead atoms. The Labute approximate surface area is 394 Å². The molecule has 322 valence electrons. The third-order valence-electron chi connectivity index (χ3n) is 13.1. The molecule has 0 N–H and O–H groups in total. The van der Waals surface area contributed by atoms with Gasteiger partial charge in [0, 0.05) is 55.8 Å². The summed E-state index contributed by atoms with van der Waals surface area (Å²) in [7, 11) is 0. The van der Waals surface area contributed by atoms with Gasteiger partial charge < -0.3 is 9.80 Å². The number of benzene rings is 12. The number of hydrogen-bond donors (Lipinski definition) is 0. The van der Waals surface area contributed by atoms with E-state index >= 15 is 8.78 Å². The average molecular weight is 877 g/mol. The zero-order valence-electron chi connectivity index (χ0n) is 36.9. The van der Waals surface area contributed by atoms with Crippen LogP contribution in [0.4, 0.5) is 42.9 Å². The van der Waals surface area contributed by atoms with E-state index in [1.54, 1.807) is 0 Å². The molecule has 0 aliphatic heterocycles. The second-order valence-corrected chi connectivity index (χ2v) is 17.1. The quantitative estimate of drug-likeness (QED) is 0.126. The van der Waals surface area contributed by atoms with Crippen LogP contribution in [0.5, 0.6) is 0 Å². The normalized spacial score (nSPS) is 11.4. The fourth-order valence-electron chi connectivity index (χ4n) is 9.96. The van der Waals surface area contributed by atoms with Crippen LogP contribution in [-0.4, -0.2) is 0 Å². The number of anilines is 6. The summed E-state index contributed by atoms with van der Waals surface area (Å²) in [5, 5.41) is 6.56. The van der Waals surface area contributed by atoms with Crippen molar-refractivity contribution in [2.45, 2.75) is 0 Å². The molecule has 0 saturated carbocycles. The molecule has 0 atom stereocenters. The van der Waals surface area contributed by atoms with Crippen LogP contribution in [0.3, 0.4) is 0 Å². The van der Waals surface area contributed by atoms with Crippen molar-refractivity contribution in [3.05, 3.63) is 266 Å². The molecule has 12 aromatic rings. The molecule has 4 heteroatoms. The third kappa shape index (κ3) is 7.11. The minimum atomic E-state index is -0.266. The van der Waals surface area contributed by atoms with Gasteiger partial charge >= 0.3 is 0 Å². The molecule has 0 aliphatic carbocycles. The summed E-state index contributed by atoms with van der Waals surface area (Å²) in [4.78, 5) is 4.52. The van der Waals surface area contributed by atoms with Crippen molar-refractivity contribution >= 4 is 66.4 Å². The highest BCUT2D eigenvalue weighted by atomic mass is 19.1. The first kappa shape index (κ1) is 40.6. The molecule has 0 aliphatic rings. The van der Waals surface area contributed by atoms with E-state index in [2.05, 4.69) is 82.6 Å². The van der Waals surface area contributed by atoms with Gasteiger partial charge in [0.25, 0.3) is 0 Å². The highest BCUT2D eigenvalue weighted by molar-refractivity contribution is 6.28. The van der Waals surface area contributed by atoms with E-state index in [9.17, 15) is 0 Å². The summed E-state index contributed by atoms with van der Waals surface area (Å²) in [6.07, 6.45) is 0. The Morgan fingerprint density at radius 2 is 0.515 bits per heavy atom. The lowest BCUT2D eigenvalue weighted by atomic mass is 9.91. The van der Waals surface area contributed by atoms with Crippen molar-refractivity contribution in [2.75, 3.05) is 9.80 Å². The molecule has 0 radical (unpaired) electrons. The van der Waals surface area contributed by atoms with Gasteiger partial charge in [-0.2, -0.15) is 0 Å². The van der Waals surface area contributed by atoms with E-state index in [0.29, 0.717) is 22.3 Å². The van der Waals surface area contributed by atoms with Gasteiger partial charge in [-0.15, -0.1) is 0 Å². The van der Waals surface area contributed by atoms with Crippen molar-refractivity contribution in [2.24, 2.45) is 0 Å². The van der Waals surface area contributed by atoms with Crippen LogP contribution in [-0.2, 0) is 0 Å². The zero-order chi connectivity index (χ0) is 45.6. The van der Waals surface area contributed by atoms with Crippen LogP contribution >= 0.6 is 0 Å². The average Bonchev–Trinajstić information content (AvgIpc) is 3.41. The monoisotopic (exact) mass is 876 g/mol. The van der Waals surface area contributed by atoms with E-state index in [0.717, 1.165) is 88.7 Å². The summed E-state index contributed by atoms with van der Waals surface area (Å²) in [6.45, 7) is 0. The molecular formula is C64H42F2N2. The molecule has 2 nitrogen and oxygen atoms in total. The maximum Gasteiger partial charge on any atom is 0.138 e. The summed E-state index contributed by atoms with van der Waals surface area (Å²) >= 11 is 0. The first-order chi connectivity index (χ1) is 33.6. The van der Waals surface area contributed by atoms with E-state index in [-0.39, 0.29) is 11.6 Å². The van der Waals surface area contributed by atoms with Crippen LogP contribution in [0, 0.1) is 11.6 Å². The topological polar surface area (TPSA) is 6.48 Å². The standard InChI is InChI=1S/C64H42F2N2/c65-63-55(43-19-7-1-8-20-43)39-51(40-56(63)44-21-9-2-10-22-44)67(49-27-15-5-16-28-49)59-37-33-47-32-36-54-60(38-34-48-31-35-53(59)61(47)62(48)54)68(50-29-17-6-18-30-50)52-41-57(45-23-11-3-12-24-45)64(66)58(42-52)46-25-13-4-14-26-46/h1-42H. The summed E-state index contributed by atoms with van der Waals surface area (Å²) in [5.74, 6) is -0.532. The molecule has 12 aromatic carbocycles. The molecule has 0 spiro atoms. The fraction of sp³-hybridized carbons (Fsp3) is 0. The van der Waals surface area contributed by atoms with Crippen molar-refractivity contribution in [3.63, 3.8) is 0 Å². The molecular weight excluding hydrogens is 835 g/mol. The van der Waals surface area contributed by atoms with Gasteiger partial charge in [0.2, 0.25) is 0 Å². The Kier molecular flexibility index (Phi) is 10.3. The van der Waals surface area contributed by atoms with Gasteiger partial charge in [0.1, 0.15) is 11.6 Å². The lowest BCUT2D eigenvalue weighted by Gasteiger charge is -2.30. The van der Waals surface area contributed by atoms with Crippen LogP contribution in [0.25, 0.3) is 76.8 Å². The number of nitrogens with zero attached hydrogens (tertiary/aromatic N) is 2. The second-order valence-electron chi connectivity index (χ2n) is 17.1. The predicted octanol–water partition coefficient (Wildman–Crippen LogP) is 18.5. The fourth-order valence-corrected chi connectivity index (χ4v) is 9.96. The Hall–Kier alpha value is -8.86. The highest BCUT2D eigenvalue weighted by Crippen LogP contribution is 2.50. The van der Waals surface area contributed by atoms with Gasteiger partial charge in [0.15, 0.2) is 0 Å². The second kappa shape index (κ2) is 17.2. The van der Waals surface area contributed by atoms with Gasteiger partial charge in [0.05, 0.1) is 11.4 Å². The summed E-state index contributed by atoms with van der Waals surface area (Å²) < 4.78 is 33.9. The van der Waals surface area contributed by atoms with Gasteiger partial charge in [-0.1, -0.05) is 194 Å². The Morgan fingerprint density at radius 1 is 0.250 bits per heavy atom. The smallest absolute Gasteiger partial charge is 0.138 e. The minimum absolute atomic E-state index is 0.266. The van der Waals surface area contributed by atoms with Crippen molar-refractivity contribution in [3.8, 4) is 44.5 Å². The molecule has 68 heavy (non-hydrogen) atoms. The highest BCUT2D eigenvalue weighted by Gasteiger charge is 2.25. The zero-order valence-corrected chi connectivity index (χ0v) is 36.9. The predicted molar refractivity (Wildman–Crippen MR) is 281 cm³/mol. The number of rotatable bonds is 10. The molecule has 0 aromatic heterocycles. The van der Waals surface area contributed by atoms with E-state index in [1.165, 1.54) is 0 Å². The maximum absolute atomic E-state index is 17.0. The van der Waals surface area contributed by atoms with Gasteiger partial charge in [-0.3, -0.25) is 0 Å². The number of para-hydroxylation sites is 2.